The molecule has 5 heteroatoms. The lowest BCUT2D eigenvalue weighted by Gasteiger charge is -2.24. The first-order valence-electron chi connectivity index (χ1n) is 10.00. The van der Waals surface area contributed by atoms with E-state index in [1.807, 2.05) is 39.0 Å². The number of amidine groups is 1. The molecule has 0 saturated heterocycles. The first-order chi connectivity index (χ1) is 13.7. The van der Waals surface area contributed by atoms with Crippen LogP contribution in [0.15, 0.2) is 52.6 Å². The van der Waals surface area contributed by atoms with Gasteiger partial charge >= 0.3 is 0 Å². The Morgan fingerprint density at radius 2 is 1.76 bits per heavy atom. The molecule has 0 unspecified atom stereocenters. The van der Waals surface area contributed by atoms with E-state index in [0.717, 1.165) is 35.5 Å². The number of carbonyl (C=O) groups is 1. The Morgan fingerprint density at radius 1 is 1.10 bits per heavy atom. The number of aryl methyl sites for hydroxylation is 1. The molecule has 0 bridgehead atoms. The molecular weight excluding hydrogens is 360 g/mol. The zero-order valence-electron chi connectivity index (χ0n) is 18.0. The normalized spacial score (nSPS) is 14.4. The van der Waals surface area contributed by atoms with Gasteiger partial charge in [0, 0.05) is 30.8 Å². The topological polar surface area (TPSA) is 57.1 Å². The summed E-state index contributed by atoms with van der Waals surface area (Å²) in [6.45, 7) is 11.7. The molecule has 0 aromatic heterocycles. The molecule has 1 fully saturated rings. The van der Waals surface area contributed by atoms with Crippen molar-refractivity contribution in [3.63, 3.8) is 0 Å². The molecule has 0 atom stereocenters. The molecule has 0 spiro atoms. The van der Waals surface area contributed by atoms with Crippen LogP contribution in [0.1, 0.15) is 49.5 Å². The predicted octanol–water partition coefficient (Wildman–Crippen LogP) is 5.05. The summed E-state index contributed by atoms with van der Waals surface area (Å²) in [6.07, 6.45) is 2.21. The van der Waals surface area contributed by atoms with E-state index < -0.39 is 0 Å². The molecule has 0 heterocycles. The highest BCUT2D eigenvalue weighted by Gasteiger charge is 2.32. The van der Waals surface area contributed by atoms with Crippen LogP contribution in [0.4, 0.5) is 5.69 Å². The third-order valence-corrected chi connectivity index (χ3v) is 4.83. The van der Waals surface area contributed by atoms with Crippen LogP contribution in [-0.2, 0) is 0 Å². The van der Waals surface area contributed by atoms with Crippen LogP contribution in [0.5, 0.6) is 0 Å². The number of amides is 1. The van der Waals surface area contributed by atoms with Crippen molar-refractivity contribution in [2.24, 2.45) is 16.0 Å². The van der Waals surface area contributed by atoms with Crippen molar-refractivity contribution in [2.75, 3.05) is 12.1 Å². The molecule has 1 N–H and O–H groups in total. The summed E-state index contributed by atoms with van der Waals surface area (Å²) in [5, 5.41) is 9.05. The lowest BCUT2D eigenvalue weighted by molar-refractivity contribution is 0.0919. The molecule has 0 radical (unpaired) electrons. The summed E-state index contributed by atoms with van der Waals surface area (Å²) >= 11 is 0. The SMILES string of the molecule is C=NN(C(=NC)C1CC1)c1cc(C(=O)NC(C)(C)C)cc(-c2ccc(C)cc2)c1. The highest BCUT2D eigenvalue weighted by atomic mass is 16.1. The number of hydrogen-bond acceptors (Lipinski definition) is 3. The van der Waals surface area contributed by atoms with Crippen LogP contribution in [0.25, 0.3) is 11.1 Å². The monoisotopic (exact) mass is 390 g/mol. The minimum atomic E-state index is -0.322. The van der Waals surface area contributed by atoms with E-state index in [0.29, 0.717) is 11.5 Å². The first-order valence-corrected chi connectivity index (χ1v) is 10.00. The number of anilines is 1. The van der Waals surface area contributed by atoms with Gasteiger partial charge < -0.3 is 5.32 Å². The smallest absolute Gasteiger partial charge is 0.251 e. The van der Waals surface area contributed by atoms with Crippen molar-refractivity contribution in [3.8, 4) is 11.1 Å². The quantitative estimate of drug-likeness (QED) is 0.441. The van der Waals surface area contributed by atoms with Gasteiger partial charge in [0.05, 0.1) is 5.69 Å². The fourth-order valence-corrected chi connectivity index (χ4v) is 3.27. The number of nitrogens with one attached hydrogen (secondary N) is 1. The van der Waals surface area contributed by atoms with Crippen molar-refractivity contribution in [3.05, 3.63) is 53.6 Å². The second kappa shape index (κ2) is 8.19. The molecular formula is C24H30N4O. The fraction of sp³-hybridized carbons (Fsp3) is 0.375. The van der Waals surface area contributed by atoms with E-state index in [4.69, 9.17) is 0 Å². The molecule has 3 rings (SSSR count). The van der Waals surface area contributed by atoms with Crippen molar-refractivity contribution in [2.45, 2.75) is 46.1 Å². The van der Waals surface area contributed by atoms with E-state index >= 15 is 0 Å². The molecule has 2 aromatic rings. The second-order valence-electron chi connectivity index (χ2n) is 8.65. The van der Waals surface area contributed by atoms with Crippen LogP contribution < -0.4 is 10.3 Å². The number of nitrogens with zero attached hydrogens (tertiary/aromatic N) is 3. The fourth-order valence-electron chi connectivity index (χ4n) is 3.27. The zero-order valence-corrected chi connectivity index (χ0v) is 18.0. The van der Waals surface area contributed by atoms with E-state index in [1.54, 1.807) is 12.1 Å². The third kappa shape index (κ3) is 5.11. The maximum atomic E-state index is 12.9. The summed E-state index contributed by atoms with van der Waals surface area (Å²) in [4.78, 5) is 17.4. The van der Waals surface area contributed by atoms with Gasteiger partial charge in [-0.3, -0.25) is 9.79 Å². The number of carbonyl (C=O) groups excluding carboxylic acids is 1. The second-order valence-corrected chi connectivity index (χ2v) is 8.65. The molecule has 1 aliphatic rings. The molecule has 5 nitrogen and oxygen atoms in total. The number of hydrogen-bond donors (Lipinski definition) is 1. The van der Waals surface area contributed by atoms with Crippen LogP contribution in [0.3, 0.4) is 0 Å². The third-order valence-electron chi connectivity index (χ3n) is 4.83. The van der Waals surface area contributed by atoms with Gasteiger partial charge in [0.2, 0.25) is 0 Å². The Morgan fingerprint density at radius 3 is 2.28 bits per heavy atom. The van der Waals surface area contributed by atoms with E-state index in [2.05, 4.69) is 53.3 Å². The lowest BCUT2D eigenvalue weighted by atomic mass is 9.99. The van der Waals surface area contributed by atoms with Gasteiger partial charge in [0.1, 0.15) is 5.84 Å². The van der Waals surface area contributed by atoms with Crippen LogP contribution in [0.2, 0.25) is 0 Å². The Labute approximate surface area is 173 Å². The largest absolute Gasteiger partial charge is 0.347 e. The Kier molecular flexibility index (Phi) is 5.87. The highest BCUT2D eigenvalue weighted by Crippen LogP contribution is 2.35. The summed E-state index contributed by atoms with van der Waals surface area (Å²) < 4.78 is 0. The standard InChI is InChI=1S/C24H30N4O/c1-16-7-9-17(10-8-16)19-13-20(23(29)27-24(2,3)4)15-21(14-19)28(26-6)22(25-5)18-11-12-18/h7-10,13-15,18H,6,11-12H2,1-5H3,(H,27,29). The number of hydrazone groups is 1. The molecule has 29 heavy (non-hydrogen) atoms. The molecule has 152 valence electrons. The van der Waals surface area contributed by atoms with Crippen LogP contribution in [-0.4, -0.2) is 31.0 Å². The van der Waals surface area contributed by atoms with Crippen molar-refractivity contribution >= 4 is 24.1 Å². The zero-order chi connectivity index (χ0) is 21.2. The van der Waals surface area contributed by atoms with Gasteiger partial charge in [-0.15, -0.1) is 0 Å². The lowest BCUT2D eigenvalue weighted by Crippen LogP contribution is -2.40. The summed E-state index contributed by atoms with van der Waals surface area (Å²) in [5.74, 6) is 1.18. The van der Waals surface area contributed by atoms with E-state index in [9.17, 15) is 4.79 Å². The van der Waals surface area contributed by atoms with Gasteiger partial charge in [0.25, 0.3) is 5.91 Å². The molecule has 0 aliphatic heterocycles. The van der Waals surface area contributed by atoms with Crippen LogP contribution in [0, 0.1) is 12.8 Å². The van der Waals surface area contributed by atoms with Gasteiger partial charge in [-0.1, -0.05) is 29.8 Å². The summed E-state index contributed by atoms with van der Waals surface area (Å²) in [6, 6.07) is 14.1. The maximum absolute atomic E-state index is 12.9. The van der Waals surface area contributed by atoms with Crippen molar-refractivity contribution in [1.29, 1.82) is 0 Å². The Balaban J connectivity index is 2.10. The van der Waals surface area contributed by atoms with Crippen LogP contribution >= 0.6 is 0 Å². The minimum Gasteiger partial charge on any atom is -0.347 e. The average molecular weight is 391 g/mol. The summed E-state index contributed by atoms with van der Waals surface area (Å²) in [7, 11) is 1.78. The van der Waals surface area contributed by atoms with Crippen molar-refractivity contribution < 1.29 is 4.79 Å². The molecule has 1 amide bonds. The van der Waals surface area contributed by atoms with Gasteiger partial charge in [-0.05, 0) is 69.9 Å². The average Bonchev–Trinajstić information content (AvgIpc) is 3.49. The summed E-state index contributed by atoms with van der Waals surface area (Å²) in [5.41, 5.74) is 4.27. The van der Waals surface area contributed by atoms with Crippen molar-refractivity contribution in [1.82, 2.24) is 5.32 Å². The van der Waals surface area contributed by atoms with Gasteiger partial charge in [0.15, 0.2) is 0 Å². The van der Waals surface area contributed by atoms with E-state index in [1.165, 1.54) is 5.56 Å². The maximum Gasteiger partial charge on any atom is 0.251 e. The Hall–Kier alpha value is -2.95. The predicted molar refractivity (Wildman–Crippen MR) is 122 cm³/mol. The Bertz CT molecular complexity index is 934. The molecule has 1 aliphatic carbocycles. The first kappa shape index (κ1) is 20.8. The van der Waals surface area contributed by atoms with E-state index in [-0.39, 0.29) is 11.4 Å². The molecule has 1 saturated carbocycles. The molecule has 2 aromatic carbocycles. The number of benzene rings is 2. The number of aliphatic imine (C=N–C) groups is 1. The minimum absolute atomic E-state index is 0.113. The van der Waals surface area contributed by atoms with Gasteiger partial charge in [-0.2, -0.15) is 5.10 Å². The van der Waals surface area contributed by atoms with Gasteiger partial charge in [-0.25, -0.2) is 5.01 Å². The number of rotatable bonds is 5. The highest BCUT2D eigenvalue weighted by molar-refractivity contribution is 6.03.